The minimum atomic E-state index is -0.0883. The summed E-state index contributed by atoms with van der Waals surface area (Å²) >= 11 is 0. The van der Waals surface area contributed by atoms with E-state index >= 15 is 0 Å². The normalized spacial score (nSPS) is 20.7. The van der Waals surface area contributed by atoms with Crippen LogP contribution in [0.4, 0.5) is 0 Å². The van der Waals surface area contributed by atoms with Crippen LogP contribution >= 0.6 is 0 Å². The van der Waals surface area contributed by atoms with Crippen molar-refractivity contribution in [2.45, 2.75) is 32.2 Å². The van der Waals surface area contributed by atoms with E-state index in [0.717, 1.165) is 25.8 Å². The number of nitrogens with two attached hydrogens (primary N) is 1. The highest BCUT2D eigenvalue weighted by molar-refractivity contribution is 5.83. The lowest BCUT2D eigenvalue weighted by molar-refractivity contribution is -0.140. The predicted molar refractivity (Wildman–Crippen MR) is 61.7 cm³/mol. The van der Waals surface area contributed by atoms with E-state index in [1.165, 1.54) is 11.8 Å². The van der Waals surface area contributed by atoms with Gasteiger partial charge in [-0.2, -0.15) is 0 Å². The summed E-state index contributed by atoms with van der Waals surface area (Å²) in [6, 6.07) is 0.154. The highest BCUT2D eigenvalue weighted by atomic mass is 16.2. The lowest BCUT2D eigenvalue weighted by Gasteiger charge is -2.35. The van der Waals surface area contributed by atoms with Crippen LogP contribution < -0.4 is 5.73 Å². The summed E-state index contributed by atoms with van der Waals surface area (Å²) in [5.74, 6) is -0.0810. The molecule has 1 heterocycles. The molecule has 1 rings (SSSR count). The topological polar surface area (TPSA) is 66.6 Å². The number of likely N-dealkylation sites (N-methyl/N-ethyl adjacent to an activating group) is 1. The van der Waals surface area contributed by atoms with Crippen LogP contribution in [0, 0.1) is 0 Å². The second-order valence-corrected chi connectivity index (χ2v) is 4.35. The molecular weight excluding hydrogens is 206 g/mol. The number of hydrogen-bond acceptors (Lipinski definition) is 3. The van der Waals surface area contributed by atoms with Crippen molar-refractivity contribution in [2.75, 3.05) is 26.7 Å². The molecule has 1 aliphatic rings. The van der Waals surface area contributed by atoms with Gasteiger partial charge in [-0.05, 0) is 19.3 Å². The molecule has 0 aromatic rings. The summed E-state index contributed by atoms with van der Waals surface area (Å²) in [4.78, 5) is 26.3. The van der Waals surface area contributed by atoms with E-state index in [1.807, 2.05) is 4.90 Å². The van der Waals surface area contributed by atoms with Gasteiger partial charge in [0.15, 0.2) is 0 Å². The predicted octanol–water partition coefficient (Wildman–Crippen LogP) is -0.195. The number of likely N-dealkylation sites (tertiary alicyclic amines) is 1. The fourth-order valence-electron chi connectivity index (χ4n) is 1.98. The first-order valence-electron chi connectivity index (χ1n) is 5.77. The third kappa shape index (κ3) is 3.20. The first-order chi connectivity index (χ1) is 7.56. The summed E-state index contributed by atoms with van der Waals surface area (Å²) < 4.78 is 0. The second-order valence-electron chi connectivity index (χ2n) is 4.35. The molecular formula is C11H21N3O2. The van der Waals surface area contributed by atoms with Gasteiger partial charge < -0.3 is 15.5 Å². The summed E-state index contributed by atoms with van der Waals surface area (Å²) in [6.45, 7) is 2.90. The van der Waals surface area contributed by atoms with Gasteiger partial charge in [0, 0.05) is 33.1 Å². The molecule has 0 bridgehead atoms. The van der Waals surface area contributed by atoms with Gasteiger partial charge in [-0.1, -0.05) is 0 Å². The van der Waals surface area contributed by atoms with Gasteiger partial charge in [0.05, 0.1) is 6.54 Å². The van der Waals surface area contributed by atoms with Gasteiger partial charge in [-0.3, -0.25) is 9.59 Å². The maximum Gasteiger partial charge on any atom is 0.242 e. The van der Waals surface area contributed by atoms with E-state index in [-0.39, 0.29) is 24.4 Å². The molecule has 1 unspecified atom stereocenters. The van der Waals surface area contributed by atoms with Gasteiger partial charge in [0.2, 0.25) is 11.8 Å². The van der Waals surface area contributed by atoms with Gasteiger partial charge in [-0.25, -0.2) is 0 Å². The maximum atomic E-state index is 12.0. The smallest absolute Gasteiger partial charge is 0.242 e. The number of carbonyl (C=O) groups excluding carboxylic acids is 2. The number of nitrogens with zero attached hydrogens (tertiary/aromatic N) is 2. The van der Waals surface area contributed by atoms with Gasteiger partial charge >= 0.3 is 0 Å². The number of carbonyl (C=O) groups is 2. The Hall–Kier alpha value is -1.10. The van der Waals surface area contributed by atoms with Crippen molar-refractivity contribution in [3.05, 3.63) is 0 Å². The van der Waals surface area contributed by atoms with Crippen molar-refractivity contribution in [3.63, 3.8) is 0 Å². The minimum Gasteiger partial charge on any atom is -0.337 e. The van der Waals surface area contributed by atoms with Crippen LogP contribution in [0.5, 0.6) is 0 Å². The SMILES string of the molecule is CC(=O)N(C)CC(=O)N1CCCCC1CN. The average molecular weight is 227 g/mol. The first-order valence-corrected chi connectivity index (χ1v) is 5.77. The molecule has 2 N–H and O–H groups in total. The van der Waals surface area contributed by atoms with Crippen LogP contribution in [-0.4, -0.2) is 54.3 Å². The number of amides is 2. The Morgan fingerprint density at radius 1 is 1.44 bits per heavy atom. The molecule has 0 radical (unpaired) electrons. The number of rotatable bonds is 3. The Bertz CT molecular complexity index is 268. The first kappa shape index (κ1) is 13.0. The number of hydrogen-bond donors (Lipinski definition) is 1. The van der Waals surface area contributed by atoms with Crippen LogP contribution in [0.1, 0.15) is 26.2 Å². The molecule has 0 aliphatic carbocycles. The zero-order chi connectivity index (χ0) is 12.1. The highest BCUT2D eigenvalue weighted by Crippen LogP contribution is 2.16. The average Bonchev–Trinajstić information content (AvgIpc) is 2.28. The van der Waals surface area contributed by atoms with Crippen LogP contribution in [0.2, 0.25) is 0 Å². The molecule has 92 valence electrons. The number of piperidine rings is 1. The van der Waals surface area contributed by atoms with E-state index in [9.17, 15) is 9.59 Å². The zero-order valence-electron chi connectivity index (χ0n) is 10.1. The molecule has 1 fully saturated rings. The van der Waals surface area contributed by atoms with Crippen LogP contribution in [0.15, 0.2) is 0 Å². The van der Waals surface area contributed by atoms with E-state index in [0.29, 0.717) is 6.54 Å². The van der Waals surface area contributed by atoms with Crippen molar-refractivity contribution >= 4 is 11.8 Å². The third-order valence-electron chi connectivity index (χ3n) is 3.13. The summed E-state index contributed by atoms with van der Waals surface area (Å²) in [5, 5.41) is 0. The van der Waals surface area contributed by atoms with E-state index in [2.05, 4.69) is 0 Å². The van der Waals surface area contributed by atoms with Gasteiger partial charge in [0.25, 0.3) is 0 Å². The lowest BCUT2D eigenvalue weighted by atomic mass is 10.0. The van der Waals surface area contributed by atoms with Crippen molar-refractivity contribution in [2.24, 2.45) is 5.73 Å². The molecule has 0 spiro atoms. The monoisotopic (exact) mass is 227 g/mol. The zero-order valence-corrected chi connectivity index (χ0v) is 10.1. The van der Waals surface area contributed by atoms with Crippen LogP contribution in [0.3, 0.4) is 0 Å². The van der Waals surface area contributed by atoms with Crippen molar-refractivity contribution in [1.29, 1.82) is 0 Å². The Labute approximate surface area is 96.6 Å². The molecule has 5 heteroatoms. The molecule has 0 saturated carbocycles. The Balaban J connectivity index is 2.54. The van der Waals surface area contributed by atoms with Crippen LogP contribution in [0.25, 0.3) is 0 Å². The molecule has 1 saturated heterocycles. The Morgan fingerprint density at radius 3 is 2.69 bits per heavy atom. The molecule has 2 amide bonds. The molecule has 16 heavy (non-hydrogen) atoms. The summed E-state index contributed by atoms with van der Waals surface area (Å²) in [5.41, 5.74) is 5.65. The maximum absolute atomic E-state index is 12.0. The highest BCUT2D eigenvalue weighted by Gasteiger charge is 2.26. The third-order valence-corrected chi connectivity index (χ3v) is 3.13. The molecule has 1 aliphatic heterocycles. The summed E-state index contributed by atoms with van der Waals surface area (Å²) in [6.07, 6.45) is 3.15. The molecule has 1 atom stereocenters. The quantitative estimate of drug-likeness (QED) is 0.726. The molecule has 0 aromatic carbocycles. The van der Waals surface area contributed by atoms with E-state index in [4.69, 9.17) is 5.73 Å². The van der Waals surface area contributed by atoms with Crippen molar-refractivity contribution in [1.82, 2.24) is 9.80 Å². The fourth-order valence-corrected chi connectivity index (χ4v) is 1.98. The minimum absolute atomic E-state index is 0.00727. The fraction of sp³-hybridized carbons (Fsp3) is 0.818. The van der Waals surface area contributed by atoms with E-state index in [1.54, 1.807) is 7.05 Å². The van der Waals surface area contributed by atoms with E-state index < -0.39 is 0 Å². The van der Waals surface area contributed by atoms with Crippen molar-refractivity contribution in [3.8, 4) is 0 Å². The Kier molecular flexibility index (Phi) is 4.73. The van der Waals surface area contributed by atoms with Crippen LogP contribution in [-0.2, 0) is 9.59 Å². The summed E-state index contributed by atoms with van der Waals surface area (Å²) in [7, 11) is 1.64. The second kappa shape index (κ2) is 5.84. The van der Waals surface area contributed by atoms with Gasteiger partial charge in [-0.15, -0.1) is 0 Å². The lowest BCUT2D eigenvalue weighted by Crippen LogP contribution is -2.50. The standard InChI is InChI=1S/C11H21N3O2/c1-9(15)13(2)8-11(16)14-6-4-3-5-10(14)7-12/h10H,3-8,12H2,1-2H3. The van der Waals surface area contributed by atoms with Crippen molar-refractivity contribution < 1.29 is 9.59 Å². The molecule has 0 aromatic heterocycles. The van der Waals surface area contributed by atoms with Gasteiger partial charge in [0.1, 0.15) is 0 Å². The largest absolute Gasteiger partial charge is 0.337 e. The molecule has 5 nitrogen and oxygen atoms in total. The Morgan fingerprint density at radius 2 is 2.12 bits per heavy atom.